The van der Waals surface area contributed by atoms with Crippen LogP contribution in [0.3, 0.4) is 0 Å². The highest BCUT2D eigenvalue weighted by Gasteiger charge is 2.24. The maximum atomic E-state index is 8.30. The van der Waals surface area contributed by atoms with Crippen LogP contribution in [0.5, 0.6) is 0 Å². The smallest absolute Gasteiger partial charge is 0.108 e. The SMILES string of the molecule is [N-]=[N+]=NCc1cc2cc(C3CC3)cc(Br)n2n1. The second kappa shape index (κ2) is 4.05. The van der Waals surface area contributed by atoms with Gasteiger partial charge < -0.3 is 0 Å². The summed E-state index contributed by atoms with van der Waals surface area (Å²) in [5.74, 6) is 0.715. The zero-order chi connectivity index (χ0) is 11.8. The van der Waals surface area contributed by atoms with Crippen LogP contribution in [0.25, 0.3) is 16.0 Å². The molecule has 5 nitrogen and oxygen atoms in total. The summed E-state index contributed by atoms with van der Waals surface area (Å²) < 4.78 is 2.78. The van der Waals surface area contributed by atoms with Crippen molar-refractivity contribution in [2.45, 2.75) is 25.3 Å². The van der Waals surface area contributed by atoms with Crippen LogP contribution in [0.1, 0.15) is 30.0 Å². The maximum absolute atomic E-state index is 8.30. The summed E-state index contributed by atoms with van der Waals surface area (Å²) in [7, 11) is 0. The second-order valence-corrected chi connectivity index (χ2v) is 5.06. The molecule has 3 rings (SSSR count). The van der Waals surface area contributed by atoms with E-state index in [2.05, 4.69) is 43.2 Å². The summed E-state index contributed by atoms with van der Waals surface area (Å²) in [6.45, 7) is 0.295. The molecular weight excluding hydrogens is 282 g/mol. The summed E-state index contributed by atoms with van der Waals surface area (Å²) in [5, 5.41) is 7.90. The number of azide groups is 1. The Labute approximate surface area is 106 Å². The van der Waals surface area contributed by atoms with Crippen molar-refractivity contribution in [3.8, 4) is 0 Å². The normalized spacial score (nSPS) is 14.9. The van der Waals surface area contributed by atoms with E-state index in [-0.39, 0.29) is 0 Å². The van der Waals surface area contributed by atoms with Gasteiger partial charge in [-0.15, -0.1) is 0 Å². The molecule has 0 aliphatic heterocycles. The monoisotopic (exact) mass is 291 g/mol. The fourth-order valence-corrected chi connectivity index (χ4v) is 2.51. The average molecular weight is 292 g/mol. The Hall–Kier alpha value is -1.52. The van der Waals surface area contributed by atoms with Crippen molar-refractivity contribution < 1.29 is 0 Å². The minimum atomic E-state index is 0.295. The van der Waals surface area contributed by atoms with Crippen molar-refractivity contribution in [2.24, 2.45) is 5.11 Å². The third kappa shape index (κ3) is 2.01. The van der Waals surface area contributed by atoms with Crippen LogP contribution < -0.4 is 0 Å². The van der Waals surface area contributed by atoms with Crippen LogP contribution in [0.15, 0.2) is 27.9 Å². The number of aromatic nitrogens is 2. The molecule has 1 aliphatic carbocycles. The van der Waals surface area contributed by atoms with Gasteiger partial charge in [0, 0.05) is 4.91 Å². The minimum absolute atomic E-state index is 0.295. The van der Waals surface area contributed by atoms with E-state index in [9.17, 15) is 0 Å². The predicted molar refractivity (Wildman–Crippen MR) is 67.7 cm³/mol. The van der Waals surface area contributed by atoms with Crippen molar-refractivity contribution in [1.29, 1.82) is 0 Å². The third-order valence-electron chi connectivity index (χ3n) is 2.93. The molecule has 2 aromatic heterocycles. The second-order valence-electron chi connectivity index (χ2n) is 4.25. The van der Waals surface area contributed by atoms with Crippen LogP contribution in [-0.4, -0.2) is 9.61 Å². The van der Waals surface area contributed by atoms with E-state index < -0.39 is 0 Å². The highest BCUT2D eigenvalue weighted by molar-refractivity contribution is 9.10. The Balaban J connectivity index is 2.07. The molecular formula is C11H10BrN5. The quantitative estimate of drug-likeness (QED) is 0.367. The lowest BCUT2D eigenvalue weighted by Gasteiger charge is -2.02. The molecule has 17 heavy (non-hydrogen) atoms. The summed E-state index contributed by atoms with van der Waals surface area (Å²) in [4.78, 5) is 2.74. The third-order valence-corrected chi connectivity index (χ3v) is 3.50. The van der Waals surface area contributed by atoms with Crippen molar-refractivity contribution in [3.05, 3.63) is 44.5 Å². The number of halogens is 1. The Morgan fingerprint density at radius 1 is 1.47 bits per heavy atom. The molecule has 6 heteroatoms. The fraction of sp³-hybridized carbons (Fsp3) is 0.364. The lowest BCUT2D eigenvalue weighted by molar-refractivity contribution is 0.861. The van der Waals surface area contributed by atoms with Gasteiger partial charge in [0.25, 0.3) is 0 Å². The Kier molecular flexibility index (Phi) is 2.53. The van der Waals surface area contributed by atoms with Crippen LogP contribution in [0.4, 0.5) is 0 Å². The highest BCUT2D eigenvalue weighted by atomic mass is 79.9. The van der Waals surface area contributed by atoms with Gasteiger partial charge in [0.2, 0.25) is 0 Å². The number of nitrogens with zero attached hydrogens (tertiary/aromatic N) is 5. The summed E-state index contributed by atoms with van der Waals surface area (Å²) in [6, 6.07) is 6.25. The standard InChI is InChI=1S/C11H10BrN5/c12-11-4-8(7-1-2-7)3-10-5-9(6-14-16-13)15-17(10)11/h3-5,7H,1-2,6H2. The molecule has 0 spiro atoms. The molecule has 0 bridgehead atoms. The molecule has 0 aromatic carbocycles. The van der Waals surface area contributed by atoms with Gasteiger partial charge in [0.1, 0.15) is 4.60 Å². The van der Waals surface area contributed by atoms with Crippen molar-refractivity contribution in [1.82, 2.24) is 9.61 Å². The van der Waals surface area contributed by atoms with Gasteiger partial charge in [0.15, 0.2) is 0 Å². The summed E-state index contributed by atoms with van der Waals surface area (Å²) in [6.07, 6.45) is 2.56. The van der Waals surface area contributed by atoms with Gasteiger partial charge in [-0.05, 0) is 64.0 Å². The van der Waals surface area contributed by atoms with E-state index in [1.807, 2.05) is 10.6 Å². The summed E-state index contributed by atoms with van der Waals surface area (Å²) >= 11 is 3.52. The summed E-state index contributed by atoms with van der Waals surface area (Å²) in [5.41, 5.74) is 11.5. The molecule has 0 amide bonds. The average Bonchev–Trinajstić information content (AvgIpc) is 3.07. The first kappa shape index (κ1) is 10.6. The van der Waals surface area contributed by atoms with E-state index in [4.69, 9.17) is 5.53 Å². The van der Waals surface area contributed by atoms with E-state index in [0.29, 0.717) is 12.5 Å². The number of fused-ring (bicyclic) bond motifs is 1. The number of rotatable bonds is 3. The molecule has 86 valence electrons. The maximum Gasteiger partial charge on any atom is 0.108 e. The molecule has 0 N–H and O–H groups in total. The van der Waals surface area contributed by atoms with E-state index in [1.54, 1.807) is 0 Å². The topological polar surface area (TPSA) is 66.1 Å². The van der Waals surface area contributed by atoms with Gasteiger partial charge in [-0.1, -0.05) is 5.11 Å². The number of hydrogen-bond donors (Lipinski definition) is 0. The van der Waals surface area contributed by atoms with Crippen LogP contribution in [0.2, 0.25) is 0 Å². The molecule has 0 saturated heterocycles. The van der Waals surface area contributed by atoms with Gasteiger partial charge in [0.05, 0.1) is 17.8 Å². The first-order valence-electron chi connectivity index (χ1n) is 5.47. The largest absolute Gasteiger partial charge is 0.226 e. The van der Waals surface area contributed by atoms with Crippen molar-refractivity contribution in [2.75, 3.05) is 0 Å². The number of pyridine rings is 1. The van der Waals surface area contributed by atoms with Gasteiger partial charge in [-0.25, -0.2) is 4.52 Å². The zero-order valence-electron chi connectivity index (χ0n) is 9.04. The van der Waals surface area contributed by atoms with E-state index >= 15 is 0 Å². The lowest BCUT2D eigenvalue weighted by Crippen LogP contribution is -1.92. The predicted octanol–water partition coefficient (Wildman–Crippen LogP) is 3.78. The molecule has 1 saturated carbocycles. The fourth-order valence-electron chi connectivity index (χ4n) is 1.97. The molecule has 1 aliphatic rings. The first-order valence-corrected chi connectivity index (χ1v) is 6.26. The molecule has 1 fully saturated rings. The Morgan fingerprint density at radius 2 is 2.29 bits per heavy atom. The molecule has 0 radical (unpaired) electrons. The van der Waals surface area contributed by atoms with Crippen LogP contribution in [-0.2, 0) is 6.54 Å². The Bertz CT molecular complexity index is 622. The van der Waals surface area contributed by atoms with Crippen LogP contribution >= 0.6 is 15.9 Å². The van der Waals surface area contributed by atoms with E-state index in [1.165, 1.54) is 18.4 Å². The van der Waals surface area contributed by atoms with Crippen molar-refractivity contribution in [3.63, 3.8) is 0 Å². The molecule has 2 aromatic rings. The number of hydrogen-bond acceptors (Lipinski definition) is 2. The zero-order valence-corrected chi connectivity index (χ0v) is 10.6. The van der Waals surface area contributed by atoms with E-state index in [0.717, 1.165) is 15.8 Å². The van der Waals surface area contributed by atoms with Gasteiger partial charge in [-0.2, -0.15) is 5.10 Å². The van der Waals surface area contributed by atoms with Crippen LogP contribution in [0, 0.1) is 0 Å². The molecule has 2 heterocycles. The highest BCUT2D eigenvalue weighted by Crippen LogP contribution is 2.41. The van der Waals surface area contributed by atoms with Gasteiger partial charge >= 0.3 is 0 Å². The molecule has 0 atom stereocenters. The first-order chi connectivity index (χ1) is 8.28. The minimum Gasteiger partial charge on any atom is -0.226 e. The van der Waals surface area contributed by atoms with Crippen molar-refractivity contribution >= 4 is 21.4 Å². The lowest BCUT2D eigenvalue weighted by atomic mass is 10.1. The molecule has 0 unspecified atom stereocenters. The Morgan fingerprint density at radius 3 is 3.00 bits per heavy atom. The van der Waals surface area contributed by atoms with Gasteiger partial charge in [-0.3, -0.25) is 0 Å².